The zero-order valence-electron chi connectivity index (χ0n) is 10.2. The number of nitrogens with zero attached hydrogens (tertiary/aromatic N) is 1. The van der Waals surface area contributed by atoms with Gasteiger partial charge in [0.2, 0.25) is 0 Å². The monoisotopic (exact) mass is 269 g/mol. The van der Waals surface area contributed by atoms with E-state index in [9.17, 15) is 4.39 Å². The molecule has 0 aliphatic carbocycles. The lowest BCUT2D eigenvalue weighted by Crippen LogP contribution is -1.88. The Morgan fingerprint density at radius 2 is 1.68 bits per heavy atom. The third-order valence-electron chi connectivity index (χ3n) is 2.89. The number of rotatable bonds is 3. The molecular weight excluding hydrogens is 257 g/mol. The second-order valence-electron chi connectivity index (χ2n) is 4.30. The highest BCUT2D eigenvalue weighted by Gasteiger charge is 2.05. The van der Waals surface area contributed by atoms with Crippen LogP contribution in [0.2, 0.25) is 0 Å². The molecule has 3 rings (SSSR count). The molecule has 0 spiro atoms. The van der Waals surface area contributed by atoms with Gasteiger partial charge in [0.05, 0.1) is 10.7 Å². The van der Waals surface area contributed by atoms with Crippen molar-refractivity contribution < 1.29 is 4.39 Å². The summed E-state index contributed by atoms with van der Waals surface area (Å²) in [6.07, 6.45) is 0.748. The molecule has 0 bridgehead atoms. The van der Waals surface area contributed by atoms with Crippen molar-refractivity contribution in [2.24, 2.45) is 0 Å². The van der Waals surface area contributed by atoms with E-state index in [1.165, 1.54) is 12.1 Å². The topological polar surface area (TPSA) is 12.9 Å². The van der Waals surface area contributed by atoms with Gasteiger partial charge in [-0.2, -0.15) is 0 Å². The molecule has 3 heteroatoms. The quantitative estimate of drug-likeness (QED) is 0.680. The molecule has 0 aliphatic heterocycles. The number of hydrogen-bond donors (Lipinski definition) is 0. The van der Waals surface area contributed by atoms with Crippen LogP contribution in [-0.2, 0) is 6.42 Å². The van der Waals surface area contributed by atoms with E-state index in [1.807, 2.05) is 18.2 Å². The van der Waals surface area contributed by atoms with E-state index in [0.29, 0.717) is 0 Å². The van der Waals surface area contributed by atoms with Crippen LogP contribution in [0.5, 0.6) is 0 Å². The van der Waals surface area contributed by atoms with Gasteiger partial charge >= 0.3 is 0 Å². The van der Waals surface area contributed by atoms with Crippen LogP contribution in [-0.4, -0.2) is 4.98 Å². The van der Waals surface area contributed by atoms with Crippen molar-refractivity contribution in [1.29, 1.82) is 0 Å². The Morgan fingerprint density at radius 3 is 2.42 bits per heavy atom. The third-order valence-corrected chi connectivity index (χ3v) is 3.74. The van der Waals surface area contributed by atoms with Crippen LogP contribution >= 0.6 is 11.3 Å². The molecule has 1 heterocycles. The molecular formula is C16H12FNS. The third kappa shape index (κ3) is 2.88. The molecule has 0 fully saturated rings. The van der Waals surface area contributed by atoms with Gasteiger partial charge in [-0.05, 0) is 17.7 Å². The lowest BCUT2D eigenvalue weighted by Gasteiger charge is -1.98. The summed E-state index contributed by atoms with van der Waals surface area (Å²) in [5.41, 5.74) is 3.21. The van der Waals surface area contributed by atoms with Crippen LogP contribution in [0, 0.1) is 5.82 Å². The van der Waals surface area contributed by atoms with Crippen LogP contribution in [0.3, 0.4) is 0 Å². The largest absolute Gasteiger partial charge is 0.241 e. The molecule has 1 nitrogen and oxygen atoms in total. The summed E-state index contributed by atoms with van der Waals surface area (Å²) in [6, 6.07) is 16.7. The summed E-state index contributed by atoms with van der Waals surface area (Å²) in [5.74, 6) is -0.201. The Bertz CT molecular complexity index is 659. The summed E-state index contributed by atoms with van der Waals surface area (Å²) in [4.78, 5) is 4.62. The van der Waals surface area contributed by atoms with Crippen molar-refractivity contribution in [1.82, 2.24) is 4.98 Å². The van der Waals surface area contributed by atoms with E-state index >= 15 is 0 Å². The fraction of sp³-hybridized carbons (Fsp3) is 0.0625. The van der Waals surface area contributed by atoms with Crippen LogP contribution < -0.4 is 0 Å². The molecule has 94 valence electrons. The molecule has 1 aromatic heterocycles. The van der Waals surface area contributed by atoms with Gasteiger partial charge in [-0.25, -0.2) is 9.37 Å². The number of benzene rings is 2. The number of aromatic nitrogens is 1. The maximum absolute atomic E-state index is 12.8. The zero-order chi connectivity index (χ0) is 13.1. The minimum Gasteiger partial charge on any atom is -0.241 e. The van der Waals surface area contributed by atoms with Crippen LogP contribution in [0.25, 0.3) is 11.3 Å². The molecule has 0 saturated heterocycles. The molecule has 0 aliphatic rings. The maximum atomic E-state index is 12.8. The molecule has 0 N–H and O–H groups in total. The molecule has 0 radical (unpaired) electrons. The summed E-state index contributed by atoms with van der Waals surface area (Å²) in [6.45, 7) is 0. The maximum Gasteiger partial charge on any atom is 0.123 e. The van der Waals surface area contributed by atoms with Gasteiger partial charge in [-0.15, -0.1) is 11.3 Å². The molecule has 2 aromatic carbocycles. The van der Waals surface area contributed by atoms with Gasteiger partial charge < -0.3 is 0 Å². The Labute approximate surface area is 115 Å². The SMILES string of the molecule is Fc1ccc(Cc2nc(-c3ccccc3)cs2)cc1. The smallest absolute Gasteiger partial charge is 0.123 e. The Hall–Kier alpha value is -2.00. The van der Waals surface area contributed by atoms with Gasteiger partial charge in [0.25, 0.3) is 0 Å². The van der Waals surface area contributed by atoms with Crippen molar-refractivity contribution in [3.63, 3.8) is 0 Å². The van der Waals surface area contributed by atoms with E-state index in [2.05, 4.69) is 22.5 Å². The van der Waals surface area contributed by atoms with Crippen molar-refractivity contribution in [2.45, 2.75) is 6.42 Å². The van der Waals surface area contributed by atoms with Crippen molar-refractivity contribution in [2.75, 3.05) is 0 Å². The van der Waals surface area contributed by atoms with Gasteiger partial charge in [0.1, 0.15) is 5.82 Å². The molecule has 0 unspecified atom stereocenters. The van der Waals surface area contributed by atoms with Crippen LogP contribution in [0.15, 0.2) is 60.0 Å². The van der Waals surface area contributed by atoms with Crippen molar-refractivity contribution in [3.05, 3.63) is 76.4 Å². The minimum absolute atomic E-state index is 0.201. The normalized spacial score (nSPS) is 10.6. The van der Waals surface area contributed by atoms with E-state index in [1.54, 1.807) is 23.5 Å². The number of halogens is 1. The minimum atomic E-state index is -0.201. The zero-order valence-corrected chi connectivity index (χ0v) is 11.0. The summed E-state index contributed by atoms with van der Waals surface area (Å²) >= 11 is 1.64. The van der Waals surface area contributed by atoms with Gasteiger partial charge in [-0.3, -0.25) is 0 Å². The van der Waals surface area contributed by atoms with Crippen molar-refractivity contribution >= 4 is 11.3 Å². The van der Waals surface area contributed by atoms with Gasteiger partial charge in [0, 0.05) is 17.4 Å². The average molecular weight is 269 g/mol. The predicted molar refractivity (Wildman–Crippen MR) is 76.8 cm³/mol. The van der Waals surface area contributed by atoms with E-state index in [0.717, 1.165) is 28.2 Å². The molecule has 3 aromatic rings. The lowest BCUT2D eigenvalue weighted by atomic mass is 10.1. The predicted octanol–water partition coefficient (Wildman–Crippen LogP) is 4.54. The fourth-order valence-corrected chi connectivity index (χ4v) is 2.75. The van der Waals surface area contributed by atoms with Crippen LogP contribution in [0.4, 0.5) is 4.39 Å². The van der Waals surface area contributed by atoms with Crippen molar-refractivity contribution in [3.8, 4) is 11.3 Å². The molecule has 0 atom stereocenters. The highest BCUT2D eigenvalue weighted by Crippen LogP contribution is 2.23. The first-order valence-electron chi connectivity index (χ1n) is 6.05. The molecule has 0 amide bonds. The molecule has 19 heavy (non-hydrogen) atoms. The lowest BCUT2D eigenvalue weighted by molar-refractivity contribution is 0.627. The highest BCUT2D eigenvalue weighted by molar-refractivity contribution is 7.10. The second kappa shape index (κ2) is 5.33. The highest BCUT2D eigenvalue weighted by atomic mass is 32.1. The first-order valence-corrected chi connectivity index (χ1v) is 6.93. The van der Waals surface area contributed by atoms with E-state index in [-0.39, 0.29) is 5.82 Å². The standard InChI is InChI=1S/C16H12FNS/c17-14-8-6-12(7-9-14)10-16-18-15(11-19-16)13-4-2-1-3-5-13/h1-9,11H,10H2. The first kappa shape index (κ1) is 12.1. The Kier molecular flexibility index (Phi) is 3.38. The Morgan fingerprint density at radius 1 is 0.947 bits per heavy atom. The van der Waals surface area contributed by atoms with E-state index < -0.39 is 0 Å². The second-order valence-corrected chi connectivity index (χ2v) is 5.24. The van der Waals surface area contributed by atoms with Gasteiger partial charge in [0.15, 0.2) is 0 Å². The number of hydrogen-bond acceptors (Lipinski definition) is 2. The average Bonchev–Trinajstić information content (AvgIpc) is 2.91. The fourth-order valence-electron chi connectivity index (χ4n) is 1.91. The van der Waals surface area contributed by atoms with Gasteiger partial charge in [-0.1, -0.05) is 42.5 Å². The Balaban J connectivity index is 1.80. The number of thiazole rings is 1. The van der Waals surface area contributed by atoms with E-state index in [4.69, 9.17) is 0 Å². The summed E-state index contributed by atoms with van der Waals surface area (Å²) in [7, 11) is 0. The molecule has 0 saturated carbocycles. The summed E-state index contributed by atoms with van der Waals surface area (Å²) < 4.78 is 12.8. The first-order chi connectivity index (χ1) is 9.31. The van der Waals surface area contributed by atoms with Crippen LogP contribution in [0.1, 0.15) is 10.6 Å². The summed E-state index contributed by atoms with van der Waals surface area (Å²) in [5, 5.41) is 3.11.